The van der Waals surface area contributed by atoms with E-state index in [1.807, 2.05) is 7.05 Å². The van der Waals surface area contributed by atoms with Crippen LogP contribution in [-0.2, 0) is 0 Å². The number of nitrogens with zero attached hydrogens (tertiary/aromatic N) is 1. The van der Waals surface area contributed by atoms with E-state index in [1.165, 1.54) is 6.42 Å². The number of nitrogens with two attached hydrogens (primary N) is 1. The van der Waals surface area contributed by atoms with Crippen LogP contribution in [0.1, 0.15) is 29.6 Å². The SMILES string of the molecule is CN(CC1(CN)CCC1)C(=O)c1ccc(Cl)cc1. The highest BCUT2D eigenvalue weighted by atomic mass is 35.5. The van der Waals surface area contributed by atoms with E-state index in [-0.39, 0.29) is 11.3 Å². The van der Waals surface area contributed by atoms with Crippen LogP contribution in [-0.4, -0.2) is 30.9 Å². The lowest BCUT2D eigenvalue weighted by Gasteiger charge is -2.43. The maximum absolute atomic E-state index is 12.2. The largest absolute Gasteiger partial charge is 0.341 e. The summed E-state index contributed by atoms with van der Waals surface area (Å²) in [5, 5.41) is 0.645. The number of carbonyl (C=O) groups is 1. The van der Waals surface area contributed by atoms with Crippen LogP contribution in [0.3, 0.4) is 0 Å². The Bertz CT molecular complexity index is 420. The van der Waals surface area contributed by atoms with E-state index in [0.717, 1.165) is 19.4 Å². The highest BCUT2D eigenvalue weighted by Crippen LogP contribution is 2.40. The Hall–Kier alpha value is -1.06. The molecule has 1 aromatic rings. The van der Waals surface area contributed by atoms with E-state index < -0.39 is 0 Å². The standard InChI is InChI=1S/C14H19ClN2O/c1-17(10-14(9-16)7-2-8-14)13(18)11-3-5-12(15)6-4-11/h3-6H,2,7-10,16H2,1H3. The Kier molecular flexibility index (Phi) is 3.93. The van der Waals surface area contributed by atoms with Gasteiger partial charge >= 0.3 is 0 Å². The summed E-state index contributed by atoms with van der Waals surface area (Å²) in [7, 11) is 1.84. The van der Waals surface area contributed by atoms with Crippen LogP contribution in [0.4, 0.5) is 0 Å². The van der Waals surface area contributed by atoms with Gasteiger partial charge in [0, 0.05) is 29.6 Å². The minimum Gasteiger partial charge on any atom is -0.341 e. The summed E-state index contributed by atoms with van der Waals surface area (Å²) in [5.41, 5.74) is 6.64. The molecule has 4 heteroatoms. The van der Waals surface area contributed by atoms with Crippen molar-refractivity contribution in [1.82, 2.24) is 4.90 Å². The maximum atomic E-state index is 12.2. The number of hydrogen-bond donors (Lipinski definition) is 1. The molecule has 1 fully saturated rings. The Morgan fingerprint density at radius 3 is 2.44 bits per heavy atom. The van der Waals surface area contributed by atoms with E-state index in [2.05, 4.69) is 0 Å². The smallest absolute Gasteiger partial charge is 0.253 e. The van der Waals surface area contributed by atoms with Gasteiger partial charge < -0.3 is 10.6 Å². The molecule has 2 N–H and O–H groups in total. The molecular formula is C14H19ClN2O. The summed E-state index contributed by atoms with van der Waals surface area (Å²) in [6.07, 6.45) is 3.48. The molecule has 0 atom stereocenters. The molecule has 18 heavy (non-hydrogen) atoms. The van der Waals surface area contributed by atoms with Crippen molar-refractivity contribution in [3.05, 3.63) is 34.9 Å². The van der Waals surface area contributed by atoms with Gasteiger partial charge in [0.2, 0.25) is 0 Å². The van der Waals surface area contributed by atoms with Gasteiger partial charge in [-0.05, 0) is 43.7 Å². The molecule has 1 aliphatic carbocycles. The van der Waals surface area contributed by atoms with Crippen molar-refractivity contribution in [2.45, 2.75) is 19.3 Å². The van der Waals surface area contributed by atoms with Crippen molar-refractivity contribution in [3.63, 3.8) is 0 Å². The van der Waals surface area contributed by atoms with Gasteiger partial charge in [0.25, 0.3) is 5.91 Å². The molecule has 0 heterocycles. The molecular weight excluding hydrogens is 248 g/mol. The van der Waals surface area contributed by atoms with Crippen LogP contribution in [0.25, 0.3) is 0 Å². The van der Waals surface area contributed by atoms with Gasteiger partial charge in [0.1, 0.15) is 0 Å². The molecule has 1 amide bonds. The number of halogens is 1. The third-order valence-electron chi connectivity index (χ3n) is 3.86. The minimum atomic E-state index is 0.0337. The summed E-state index contributed by atoms with van der Waals surface area (Å²) in [5.74, 6) is 0.0337. The molecule has 3 nitrogen and oxygen atoms in total. The van der Waals surface area contributed by atoms with Crippen LogP contribution in [0, 0.1) is 5.41 Å². The molecule has 1 aromatic carbocycles. The zero-order valence-electron chi connectivity index (χ0n) is 10.7. The first-order chi connectivity index (χ1) is 8.56. The Morgan fingerprint density at radius 2 is 2.00 bits per heavy atom. The fourth-order valence-corrected chi connectivity index (χ4v) is 2.62. The molecule has 0 bridgehead atoms. The predicted molar refractivity (Wildman–Crippen MR) is 73.8 cm³/mol. The molecule has 1 saturated carbocycles. The lowest BCUT2D eigenvalue weighted by Crippen LogP contribution is -2.47. The molecule has 0 spiro atoms. The molecule has 1 aliphatic rings. The van der Waals surface area contributed by atoms with Crippen molar-refractivity contribution >= 4 is 17.5 Å². The molecule has 0 radical (unpaired) electrons. The summed E-state index contributed by atoms with van der Waals surface area (Å²) >= 11 is 5.81. The van der Waals surface area contributed by atoms with Gasteiger partial charge in [-0.3, -0.25) is 4.79 Å². The first kappa shape index (κ1) is 13.4. The highest BCUT2D eigenvalue weighted by molar-refractivity contribution is 6.30. The average molecular weight is 267 g/mol. The number of amides is 1. The van der Waals surface area contributed by atoms with E-state index in [1.54, 1.807) is 29.2 Å². The Balaban J connectivity index is 2.02. The van der Waals surface area contributed by atoms with Gasteiger partial charge in [-0.25, -0.2) is 0 Å². The molecule has 0 aliphatic heterocycles. The predicted octanol–water partition coefficient (Wildman–Crippen LogP) is 2.54. The van der Waals surface area contributed by atoms with Gasteiger partial charge in [-0.1, -0.05) is 18.0 Å². The van der Waals surface area contributed by atoms with Gasteiger partial charge in [0.05, 0.1) is 0 Å². The molecule has 0 unspecified atom stereocenters. The van der Waals surface area contributed by atoms with Crippen LogP contribution < -0.4 is 5.73 Å². The lowest BCUT2D eigenvalue weighted by atomic mass is 9.68. The monoisotopic (exact) mass is 266 g/mol. The summed E-state index contributed by atoms with van der Waals surface area (Å²) in [4.78, 5) is 14.0. The highest BCUT2D eigenvalue weighted by Gasteiger charge is 2.37. The second kappa shape index (κ2) is 5.29. The minimum absolute atomic E-state index is 0.0337. The van der Waals surface area contributed by atoms with Gasteiger partial charge in [0.15, 0.2) is 0 Å². The number of hydrogen-bond acceptors (Lipinski definition) is 2. The Labute approximate surface area is 113 Å². The lowest BCUT2D eigenvalue weighted by molar-refractivity contribution is 0.0568. The summed E-state index contributed by atoms with van der Waals surface area (Å²) in [6.45, 7) is 1.40. The van der Waals surface area contributed by atoms with Crippen LogP contribution in [0.15, 0.2) is 24.3 Å². The van der Waals surface area contributed by atoms with Crippen molar-refractivity contribution in [2.75, 3.05) is 20.1 Å². The molecule has 2 rings (SSSR count). The van der Waals surface area contributed by atoms with Crippen molar-refractivity contribution in [1.29, 1.82) is 0 Å². The maximum Gasteiger partial charge on any atom is 0.253 e. The number of carbonyl (C=O) groups excluding carboxylic acids is 1. The average Bonchev–Trinajstić information content (AvgIpc) is 2.33. The first-order valence-corrected chi connectivity index (χ1v) is 6.65. The second-order valence-electron chi connectivity index (χ2n) is 5.23. The van der Waals surface area contributed by atoms with E-state index in [0.29, 0.717) is 17.1 Å². The van der Waals surface area contributed by atoms with Crippen LogP contribution >= 0.6 is 11.6 Å². The number of rotatable bonds is 4. The van der Waals surface area contributed by atoms with E-state index >= 15 is 0 Å². The Morgan fingerprint density at radius 1 is 1.39 bits per heavy atom. The second-order valence-corrected chi connectivity index (χ2v) is 5.66. The van der Waals surface area contributed by atoms with Gasteiger partial charge in [-0.2, -0.15) is 0 Å². The van der Waals surface area contributed by atoms with Crippen LogP contribution in [0.2, 0.25) is 5.02 Å². The zero-order chi connectivity index (χ0) is 13.2. The van der Waals surface area contributed by atoms with E-state index in [9.17, 15) is 4.79 Å². The van der Waals surface area contributed by atoms with Crippen molar-refractivity contribution in [3.8, 4) is 0 Å². The summed E-state index contributed by atoms with van der Waals surface area (Å²) < 4.78 is 0. The zero-order valence-corrected chi connectivity index (χ0v) is 11.4. The van der Waals surface area contributed by atoms with Gasteiger partial charge in [-0.15, -0.1) is 0 Å². The topological polar surface area (TPSA) is 46.3 Å². The van der Waals surface area contributed by atoms with Crippen molar-refractivity contribution < 1.29 is 4.79 Å². The third-order valence-corrected chi connectivity index (χ3v) is 4.11. The van der Waals surface area contributed by atoms with Crippen LogP contribution in [0.5, 0.6) is 0 Å². The quantitative estimate of drug-likeness (QED) is 0.910. The summed E-state index contributed by atoms with van der Waals surface area (Å²) in [6, 6.07) is 7.00. The van der Waals surface area contributed by atoms with E-state index in [4.69, 9.17) is 17.3 Å². The van der Waals surface area contributed by atoms with Crippen molar-refractivity contribution in [2.24, 2.45) is 11.1 Å². The number of benzene rings is 1. The molecule has 98 valence electrons. The molecule has 0 aromatic heterocycles. The molecule has 0 saturated heterocycles. The normalized spacial score (nSPS) is 17.1. The fraction of sp³-hybridized carbons (Fsp3) is 0.500. The first-order valence-electron chi connectivity index (χ1n) is 6.27. The third kappa shape index (κ3) is 2.68. The fourth-order valence-electron chi connectivity index (χ4n) is 2.49.